The smallest absolute Gasteiger partial charge is 0.281 e. The van der Waals surface area contributed by atoms with Crippen LogP contribution < -0.4 is 5.56 Å². The molecule has 0 aliphatic rings. The van der Waals surface area contributed by atoms with Crippen LogP contribution in [0.15, 0.2) is 11.1 Å². The number of fused-ring (bicyclic) bond motifs is 1. The van der Waals surface area contributed by atoms with Crippen LogP contribution in [-0.4, -0.2) is 19.7 Å². The molecular formula is C11H16N4O. The molecule has 1 N–H and O–H groups in total. The Morgan fingerprint density at radius 3 is 2.88 bits per heavy atom. The first kappa shape index (κ1) is 10.9. The molecule has 0 aliphatic carbocycles. The lowest BCUT2D eigenvalue weighted by Crippen LogP contribution is -2.21. The predicted molar refractivity (Wildman–Crippen MR) is 62.3 cm³/mol. The lowest BCUT2D eigenvalue weighted by molar-refractivity contribution is 0.506. The third-order valence-electron chi connectivity index (χ3n) is 2.65. The minimum absolute atomic E-state index is 0.0602. The van der Waals surface area contributed by atoms with Gasteiger partial charge in [0.25, 0.3) is 5.56 Å². The summed E-state index contributed by atoms with van der Waals surface area (Å²) in [4.78, 5) is 16.2. The van der Waals surface area contributed by atoms with Crippen LogP contribution in [0, 0.1) is 12.8 Å². The van der Waals surface area contributed by atoms with Crippen molar-refractivity contribution in [2.45, 2.75) is 33.7 Å². The van der Waals surface area contributed by atoms with Crippen LogP contribution in [0.25, 0.3) is 11.0 Å². The number of nitrogens with zero attached hydrogens (tertiary/aromatic N) is 3. The number of rotatable bonds is 3. The van der Waals surface area contributed by atoms with Gasteiger partial charge in [-0.15, -0.1) is 0 Å². The van der Waals surface area contributed by atoms with Crippen LogP contribution in [0.5, 0.6) is 0 Å². The van der Waals surface area contributed by atoms with E-state index in [1.54, 1.807) is 10.9 Å². The van der Waals surface area contributed by atoms with Gasteiger partial charge in [0.05, 0.1) is 12.0 Å². The Kier molecular flexibility index (Phi) is 2.77. The van der Waals surface area contributed by atoms with Crippen molar-refractivity contribution in [1.29, 1.82) is 0 Å². The van der Waals surface area contributed by atoms with Crippen LogP contribution in [0.1, 0.15) is 26.0 Å². The van der Waals surface area contributed by atoms with Crippen molar-refractivity contribution in [2.24, 2.45) is 5.92 Å². The van der Waals surface area contributed by atoms with Crippen molar-refractivity contribution in [1.82, 2.24) is 19.7 Å². The highest BCUT2D eigenvalue weighted by atomic mass is 16.1. The van der Waals surface area contributed by atoms with E-state index < -0.39 is 0 Å². The molecule has 2 heterocycles. The largest absolute Gasteiger partial charge is 0.297 e. The summed E-state index contributed by atoms with van der Waals surface area (Å²) in [6, 6.07) is 0. The van der Waals surface area contributed by atoms with E-state index in [2.05, 4.69) is 29.0 Å². The summed E-state index contributed by atoms with van der Waals surface area (Å²) in [6.45, 7) is 6.83. The third kappa shape index (κ3) is 1.85. The quantitative estimate of drug-likeness (QED) is 0.852. The van der Waals surface area contributed by atoms with Gasteiger partial charge in [0.2, 0.25) is 0 Å². The van der Waals surface area contributed by atoms with Crippen LogP contribution in [0.2, 0.25) is 0 Å². The van der Waals surface area contributed by atoms with Crippen molar-refractivity contribution in [3.05, 3.63) is 22.4 Å². The van der Waals surface area contributed by atoms with E-state index in [-0.39, 0.29) is 5.56 Å². The normalized spacial score (nSPS) is 11.5. The molecule has 0 aliphatic heterocycles. The van der Waals surface area contributed by atoms with Crippen LogP contribution in [0.3, 0.4) is 0 Å². The zero-order chi connectivity index (χ0) is 11.7. The van der Waals surface area contributed by atoms with Gasteiger partial charge >= 0.3 is 0 Å². The minimum Gasteiger partial charge on any atom is -0.297 e. The Bertz CT molecular complexity index is 553. The summed E-state index contributed by atoms with van der Waals surface area (Å²) in [5.41, 5.74) is 1.88. The van der Waals surface area contributed by atoms with Crippen LogP contribution in [0.4, 0.5) is 0 Å². The Morgan fingerprint density at radius 1 is 1.44 bits per heavy atom. The molecule has 2 rings (SSSR count). The van der Waals surface area contributed by atoms with E-state index in [9.17, 15) is 4.79 Å². The maximum Gasteiger partial charge on any atom is 0.281 e. The minimum atomic E-state index is -0.0602. The predicted octanol–water partition coefficient (Wildman–Crippen LogP) is 1.47. The molecule has 86 valence electrons. The van der Waals surface area contributed by atoms with Crippen molar-refractivity contribution in [3.63, 3.8) is 0 Å². The lowest BCUT2D eigenvalue weighted by atomic mass is 10.1. The summed E-state index contributed by atoms with van der Waals surface area (Å²) >= 11 is 0. The first-order valence-electron chi connectivity index (χ1n) is 5.49. The zero-order valence-corrected chi connectivity index (χ0v) is 9.82. The third-order valence-corrected chi connectivity index (χ3v) is 2.65. The SMILES string of the molecule is Cc1[nH]nc2c(=O)n(CCC(C)C)cnc12. The van der Waals surface area contributed by atoms with E-state index in [1.165, 1.54) is 0 Å². The van der Waals surface area contributed by atoms with Gasteiger partial charge in [0.1, 0.15) is 5.52 Å². The van der Waals surface area contributed by atoms with Gasteiger partial charge in [-0.1, -0.05) is 13.8 Å². The molecule has 0 fully saturated rings. The average Bonchev–Trinajstić information content (AvgIpc) is 2.60. The van der Waals surface area contributed by atoms with Gasteiger partial charge in [0, 0.05) is 6.54 Å². The maximum atomic E-state index is 12.0. The molecule has 5 heteroatoms. The molecule has 0 amide bonds. The van der Waals surface area contributed by atoms with Gasteiger partial charge in [-0.3, -0.25) is 14.5 Å². The molecule has 0 saturated carbocycles. The second kappa shape index (κ2) is 4.08. The molecule has 0 saturated heterocycles. The number of aromatic amines is 1. The molecule has 0 spiro atoms. The number of H-pyrrole nitrogens is 1. The van der Waals surface area contributed by atoms with Gasteiger partial charge < -0.3 is 0 Å². The van der Waals surface area contributed by atoms with Crippen molar-refractivity contribution >= 4 is 11.0 Å². The summed E-state index contributed by atoms with van der Waals surface area (Å²) in [7, 11) is 0. The average molecular weight is 220 g/mol. The van der Waals surface area contributed by atoms with Crippen molar-refractivity contribution in [2.75, 3.05) is 0 Å². The lowest BCUT2D eigenvalue weighted by Gasteiger charge is -2.06. The highest BCUT2D eigenvalue weighted by Crippen LogP contribution is 2.07. The maximum absolute atomic E-state index is 12.0. The summed E-state index contributed by atoms with van der Waals surface area (Å²) in [6.07, 6.45) is 2.58. The van der Waals surface area contributed by atoms with E-state index >= 15 is 0 Å². The fraction of sp³-hybridized carbons (Fsp3) is 0.545. The molecule has 2 aromatic heterocycles. The van der Waals surface area contributed by atoms with Crippen molar-refractivity contribution < 1.29 is 0 Å². The number of nitrogens with one attached hydrogen (secondary N) is 1. The zero-order valence-electron chi connectivity index (χ0n) is 9.82. The van der Waals surface area contributed by atoms with Crippen molar-refractivity contribution in [3.8, 4) is 0 Å². The highest BCUT2D eigenvalue weighted by Gasteiger charge is 2.09. The Hall–Kier alpha value is -1.65. The van der Waals surface area contributed by atoms with E-state index in [0.29, 0.717) is 23.5 Å². The van der Waals surface area contributed by atoms with Crippen LogP contribution in [-0.2, 0) is 6.54 Å². The summed E-state index contributed by atoms with van der Waals surface area (Å²) in [5, 5.41) is 6.77. The van der Waals surface area contributed by atoms with Gasteiger partial charge in [-0.05, 0) is 19.3 Å². The summed E-state index contributed by atoms with van der Waals surface area (Å²) < 4.78 is 1.63. The molecule has 0 aromatic carbocycles. The second-order valence-electron chi connectivity index (χ2n) is 4.47. The molecule has 0 radical (unpaired) electrons. The number of hydrogen-bond acceptors (Lipinski definition) is 3. The fourth-order valence-corrected chi connectivity index (χ4v) is 1.60. The first-order valence-corrected chi connectivity index (χ1v) is 5.49. The fourth-order valence-electron chi connectivity index (χ4n) is 1.60. The molecule has 0 atom stereocenters. The van der Waals surface area contributed by atoms with E-state index in [0.717, 1.165) is 12.1 Å². The standard InChI is InChI=1S/C11H16N4O/c1-7(2)4-5-15-6-12-9-8(3)13-14-10(9)11(15)16/h6-7H,4-5H2,1-3H3,(H,13,14). The molecule has 0 bridgehead atoms. The van der Waals surface area contributed by atoms with E-state index in [4.69, 9.17) is 0 Å². The molecule has 2 aromatic rings. The Morgan fingerprint density at radius 2 is 2.19 bits per heavy atom. The monoisotopic (exact) mass is 220 g/mol. The van der Waals surface area contributed by atoms with Gasteiger partial charge in [-0.25, -0.2) is 4.98 Å². The Balaban J connectivity index is 2.41. The van der Waals surface area contributed by atoms with E-state index in [1.807, 2.05) is 6.92 Å². The molecular weight excluding hydrogens is 204 g/mol. The first-order chi connectivity index (χ1) is 7.59. The second-order valence-corrected chi connectivity index (χ2v) is 4.47. The van der Waals surface area contributed by atoms with Gasteiger partial charge in [-0.2, -0.15) is 5.10 Å². The molecule has 5 nitrogen and oxygen atoms in total. The summed E-state index contributed by atoms with van der Waals surface area (Å²) in [5.74, 6) is 0.573. The number of hydrogen-bond donors (Lipinski definition) is 1. The molecule has 16 heavy (non-hydrogen) atoms. The topological polar surface area (TPSA) is 63.6 Å². The van der Waals surface area contributed by atoms with Gasteiger partial charge in [0.15, 0.2) is 5.52 Å². The van der Waals surface area contributed by atoms with Crippen LogP contribution >= 0.6 is 0 Å². The highest BCUT2D eigenvalue weighted by molar-refractivity contribution is 5.74. The number of aryl methyl sites for hydroxylation is 2. The molecule has 0 unspecified atom stereocenters. The number of aromatic nitrogens is 4. The Labute approximate surface area is 93.5 Å².